The molecule has 0 radical (unpaired) electrons. The van der Waals surface area contributed by atoms with E-state index in [0.717, 1.165) is 31.0 Å². The molecule has 17 heavy (non-hydrogen) atoms. The van der Waals surface area contributed by atoms with Crippen LogP contribution in [0.25, 0.3) is 0 Å². The van der Waals surface area contributed by atoms with Gasteiger partial charge in [-0.05, 0) is 42.9 Å². The van der Waals surface area contributed by atoms with Crippen molar-refractivity contribution in [2.24, 2.45) is 23.7 Å². The van der Waals surface area contributed by atoms with E-state index in [1.165, 1.54) is 25.7 Å². The first-order valence-corrected chi connectivity index (χ1v) is 7.17. The molecule has 3 aliphatic rings. The summed E-state index contributed by atoms with van der Waals surface area (Å²) in [5.74, 6) is 3.45. The first-order chi connectivity index (χ1) is 8.15. The van der Waals surface area contributed by atoms with E-state index >= 15 is 0 Å². The van der Waals surface area contributed by atoms with Crippen LogP contribution < -0.4 is 5.32 Å². The highest BCUT2D eigenvalue weighted by Crippen LogP contribution is 2.48. The molecule has 1 N–H and O–H groups in total. The van der Waals surface area contributed by atoms with Gasteiger partial charge >= 0.3 is 0 Å². The van der Waals surface area contributed by atoms with Gasteiger partial charge in [0.2, 0.25) is 5.91 Å². The van der Waals surface area contributed by atoms with Crippen molar-refractivity contribution in [1.82, 2.24) is 10.2 Å². The fourth-order valence-corrected chi connectivity index (χ4v) is 4.13. The zero-order valence-electron chi connectivity index (χ0n) is 11.0. The summed E-state index contributed by atoms with van der Waals surface area (Å²) in [7, 11) is 0. The zero-order chi connectivity index (χ0) is 12.0. The van der Waals surface area contributed by atoms with Crippen LogP contribution >= 0.6 is 0 Å². The van der Waals surface area contributed by atoms with E-state index in [0.29, 0.717) is 11.8 Å². The van der Waals surface area contributed by atoms with Gasteiger partial charge in [-0.15, -0.1) is 0 Å². The number of nitrogens with zero attached hydrogens (tertiary/aromatic N) is 1. The van der Waals surface area contributed by atoms with Gasteiger partial charge in [0.15, 0.2) is 0 Å². The molecule has 1 amide bonds. The Labute approximate surface area is 104 Å². The van der Waals surface area contributed by atoms with Crippen LogP contribution in [-0.2, 0) is 4.79 Å². The lowest BCUT2D eigenvalue weighted by Crippen LogP contribution is -2.37. The third kappa shape index (κ3) is 1.99. The maximum Gasteiger partial charge on any atom is 0.241 e. The van der Waals surface area contributed by atoms with Crippen molar-refractivity contribution < 1.29 is 4.79 Å². The molecule has 1 aliphatic heterocycles. The Morgan fingerprint density at radius 2 is 2.18 bits per heavy atom. The number of fused-ring (bicyclic) bond motifs is 2. The first kappa shape index (κ1) is 11.5. The van der Waals surface area contributed by atoms with Crippen LogP contribution in [0.1, 0.15) is 39.5 Å². The minimum atomic E-state index is 0.0635. The van der Waals surface area contributed by atoms with E-state index in [1.807, 2.05) is 0 Å². The number of hydrogen-bond acceptors (Lipinski definition) is 2. The van der Waals surface area contributed by atoms with Crippen molar-refractivity contribution in [3.05, 3.63) is 0 Å². The van der Waals surface area contributed by atoms with Gasteiger partial charge in [0.05, 0.1) is 12.7 Å². The minimum absolute atomic E-state index is 0.0635. The molecule has 0 aromatic rings. The molecule has 4 unspecified atom stereocenters. The number of carbonyl (C=O) groups is 1. The second-order valence-electron chi connectivity index (χ2n) is 6.58. The zero-order valence-corrected chi connectivity index (χ0v) is 11.0. The standard InChI is InChI=1S/C14H24N2O/c1-9(2)13-14(17)16(8-15-13)7-12-6-10-3-4-11(12)5-10/h9-13,15H,3-8H2,1-2H3. The maximum atomic E-state index is 12.2. The van der Waals surface area contributed by atoms with E-state index < -0.39 is 0 Å². The second kappa shape index (κ2) is 4.27. The summed E-state index contributed by atoms with van der Waals surface area (Å²) in [6, 6.07) is 0.0635. The lowest BCUT2D eigenvalue weighted by Gasteiger charge is -2.26. The summed E-state index contributed by atoms with van der Waals surface area (Å²) in [6.45, 7) is 6.03. The van der Waals surface area contributed by atoms with Gasteiger partial charge in [0, 0.05) is 6.54 Å². The molecule has 3 rings (SSSR count). The van der Waals surface area contributed by atoms with Crippen LogP contribution in [0.4, 0.5) is 0 Å². The van der Waals surface area contributed by atoms with Gasteiger partial charge in [0.25, 0.3) is 0 Å². The summed E-state index contributed by atoms with van der Waals surface area (Å²) in [5, 5.41) is 3.35. The molecule has 2 aliphatic carbocycles. The van der Waals surface area contributed by atoms with Crippen LogP contribution in [0, 0.1) is 23.7 Å². The number of hydrogen-bond donors (Lipinski definition) is 1. The molecule has 2 bridgehead atoms. The molecule has 4 atom stereocenters. The van der Waals surface area contributed by atoms with Crippen molar-refractivity contribution in [3.8, 4) is 0 Å². The molecular weight excluding hydrogens is 212 g/mol. The van der Waals surface area contributed by atoms with E-state index in [4.69, 9.17) is 0 Å². The Kier molecular flexibility index (Phi) is 2.89. The maximum absolute atomic E-state index is 12.2. The van der Waals surface area contributed by atoms with Gasteiger partial charge in [0.1, 0.15) is 0 Å². The van der Waals surface area contributed by atoms with Crippen molar-refractivity contribution >= 4 is 5.91 Å². The molecule has 1 saturated heterocycles. The van der Waals surface area contributed by atoms with Gasteiger partial charge in [-0.25, -0.2) is 0 Å². The number of rotatable bonds is 3. The van der Waals surface area contributed by atoms with Crippen molar-refractivity contribution in [2.75, 3.05) is 13.2 Å². The molecular formula is C14H24N2O. The lowest BCUT2D eigenvalue weighted by atomic mass is 9.88. The third-order valence-corrected chi connectivity index (χ3v) is 5.09. The van der Waals surface area contributed by atoms with Crippen molar-refractivity contribution in [3.63, 3.8) is 0 Å². The SMILES string of the molecule is CC(C)C1NCN(CC2CC3CCC2C3)C1=O. The number of amides is 1. The monoisotopic (exact) mass is 236 g/mol. The molecule has 1 heterocycles. The van der Waals surface area contributed by atoms with Crippen LogP contribution in [0.3, 0.4) is 0 Å². The van der Waals surface area contributed by atoms with Gasteiger partial charge in [-0.3, -0.25) is 10.1 Å². The summed E-state index contributed by atoms with van der Waals surface area (Å²) >= 11 is 0. The molecule has 3 heteroatoms. The highest BCUT2D eigenvalue weighted by molar-refractivity contribution is 5.84. The minimum Gasteiger partial charge on any atom is -0.328 e. The van der Waals surface area contributed by atoms with Gasteiger partial charge in [-0.1, -0.05) is 20.3 Å². The van der Waals surface area contributed by atoms with Gasteiger partial charge < -0.3 is 4.90 Å². The molecule has 3 fully saturated rings. The second-order valence-corrected chi connectivity index (χ2v) is 6.58. The Balaban J connectivity index is 1.58. The fraction of sp³-hybridized carbons (Fsp3) is 0.929. The smallest absolute Gasteiger partial charge is 0.241 e. The normalized spacial score (nSPS) is 40.9. The van der Waals surface area contributed by atoms with Crippen molar-refractivity contribution in [1.29, 1.82) is 0 Å². The Hall–Kier alpha value is -0.570. The van der Waals surface area contributed by atoms with E-state index in [-0.39, 0.29) is 6.04 Å². The van der Waals surface area contributed by atoms with E-state index in [1.54, 1.807) is 0 Å². The van der Waals surface area contributed by atoms with Crippen LogP contribution in [0.5, 0.6) is 0 Å². The lowest BCUT2D eigenvalue weighted by molar-refractivity contribution is -0.130. The Morgan fingerprint density at radius 1 is 1.35 bits per heavy atom. The van der Waals surface area contributed by atoms with E-state index in [2.05, 4.69) is 24.1 Å². The largest absolute Gasteiger partial charge is 0.328 e. The van der Waals surface area contributed by atoms with Crippen molar-refractivity contribution in [2.45, 2.75) is 45.6 Å². The quantitative estimate of drug-likeness (QED) is 0.811. The summed E-state index contributed by atoms with van der Waals surface area (Å²) in [6.07, 6.45) is 5.68. The molecule has 96 valence electrons. The summed E-state index contributed by atoms with van der Waals surface area (Å²) in [4.78, 5) is 14.3. The van der Waals surface area contributed by atoms with Crippen LogP contribution in [-0.4, -0.2) is 30.1 Å². The molecule has 0 spiro atoms. The predicted molar refractivity (Wildman–Crippen MR) is 67.3 cm³/mol. The van der Waals surface area contributed by atoms with E-state index in [9.17, 15) is 4.79 Å². The first-order valence-electron chi connectivity index (χ1n) is 7.17. The average molecular weight is 236 g/mol. The molecule has 3 nitrogen and oxygen atoms in total. The van der Waals surface area contributed by atoms with Crippen LogP contribution in [0.2, 0.25) is 0 Å². The molecule has 2 saturated carbocycles. The summed E-state index contributed by atoms with van der Waals surface area (Å²) < 4.78 is 0. The third-order valence-electron chi connectivity index (χ3n) is 5.09. The topological polar surface area (TPSA) is 32.3 Å². The Morgan fingerprint density at radius 3 is 2.71 bits per heavy atom. The number of carbonyl (C=O) groups excluding carboxylic acids is 1. The average Bonchev–Trinajstić information content (AvgIpc) is 2.95. The summed E-state index contributed by atoms with van der Waals surface area (Å²) in [5.41, 5.74) is 0. The highest BCUT2D eigenvalue weighted by Gasteiger charge is 2.42. The fourth-order valence-electron chi connectivity index (χ4n) is 4.13. The molecule has 0 aromatic carbocycles. The number of nitrogens with one attached hydrogen (secondary N) is 1. The Bertz CT molecular complexity index is 315. The van der Waals surface area contributed by atoms with Crippen LogP contribution in [0.15, 0.2) is 0 Å². The molecule has 0 aromatic heterocycles. The van der Waals surface area contributed by atoms with Gasteiger partial charge in [-0.2, -0.15) is 0 Å². The predicted octanol–water partition coefficient (Wildman–Crippen LogP) is 1.84. The highest BCUT2D eigenvalue weighted by atomic mass is 16.2.